The molecular formula is C20H25N3O5S. The van der Waals surface area contributed by atoms with E-state index in [-0.39, 0.29) is 10.8 Å². The summed E-state index contributed by atoms with van der Waals surface area (Å²) in [6, 6.07) is 11.7. The minimum Gasteiger partial charge on any atom is -0.496 e. The molecule has 156 valence electrons. The second-order valence-electron chi connectivity index (χ2n) is 6.62. The lowest BCUT2D eigenvalue weighted by Gasteiger charge is -2.22. The van der Waals surface area contributed by atoms with E-state index in [9.17, 15) is 18.0 Å². The molecule has 2 rings (SSSR count). The fraction of sp³-hybridized carbons (Fsp3) is 0.300. The van der Waals surface area contributed by atoms with Crippen LogP contribution in [0.15, 0.2) is 53.4 Å². The van der Waals surface area contributed by atoms with Crippen LogP contribution in [0.25, 0.3) is 0 Å². The number of methoxy groups -OCH3 is 1. The Morgan fingerprint density at radius 1 is 1.00 bits per heavy atom. The first-order valence-electron chi connectivity index (χ1n) is 8.98. The van der Waals surface area contributed by atoms with Crippen molar-refractivity contribution in [2.24, 2.45) is 5.92 Å². The number of hydrogen-bond donors (Lipinski definition) is 3. The third-order valence-corrected chi connectivity index (χ3v) is 5.72. The molecule has 3 N–H and O–H groups in total. The Bertz CT molecular complexity index is 972. The lowest BCUT2D eigenvalue weighted by Crippen LogP contribution is -2.47. The van der Waals surface area contributed by atoms with Gasteiger partial charge < -0.3 is 15.4 Å². The van der Waals surface area contributed by atoms with Gasteiger partial charge in [-0.2, -0.15) is 0 Å². The van der Waals surface area contributed by atoms with E-state index in [1.807, 2.05) is 13.8 Å². The molecule has 8 nitrogen and oxygen atoms in total. The first-order chi connectivity index (χ1) is 13.7. The number of nitrogens with one attached hydrogen (secondary N) is 3. The van der Waals surface area contributed by atoms with Crippen LogP contribution in [0.1, 0.15) is 24.2 Å². The van der Waals surface area contributed by atoms with E-state index in [1.54, 1.807) is 24.3 Å². The van der Waals surface area contributed by atoms with Gasteiger partial charge >= 0.3 is 0 Å². The summed E-state index contributed by atoms with van der Waals surface area (Å²) in [6.07, 6.45) is 0. The van der Waals surface area contributed by atoms with Crippen LogP contribution in [0.2, 0.25) is 0 Å². The quantitative estimate of drug-likeness (QED) is 0.606. The summed E-state index contributed by atoms with van der Waals surface area (Å²) in [5.41, 5.74) is 0.748. The normalized spacial score (nSPS) is 12.3. The van der Waals surface area contributed by atoms with Crippen LogP contribution in [-0.2, 0) is 14.8 Å². The van der Waals surface area contributed by atoms with Crippen LogP contribution in [0.5, 0.6) is 5.75 Å². The molecule has 0 aliphatic rings. The summed E-state index contributed by atoms with van der Waals surface area (Å²) in [7, 11) is -0.767. The van der Waals surface area contributed by atoms with Crippen molar-refractivity contribution in [1.82, 2.24) is 10.0 Å². The summed E-state index contributed by atoms with van der Waals surface area (Å²) in [6.45, 7) is 3.63. The van der Waals surface area contributed by atoms with E-state index in [1.165, 1.54) is 38.4 Å². The van der Waals surface area contributed by atoms with Crippen LogP contribution < -0.4 is 20.1 Å². The highest BCUT2D eigenvalue weighted by Crippen LogP contribution is 2.19. The summed E-state index contributed by atoms with van der Waals surface area (Å²) < 4.78 is 31.0. The Labute approximate surface area is 170 Å². The van der Waals surface area contributed by atoms with Crippen molar-refractivity contribution in [3.8, 4) is 5.75 Å². The lowest BCUT2D eigenvalue weighted by atomic mass is 10.0. The maximum atomic E-state index is 12.7. The van der Waals surface area contributed by atoms with Gasteiger partial charge in [0, 0.05) is 5.69 Å². The number of rotatable bonds is 8. The van der Waals surface area contributed by atoms with E-state index < -0.39 is 27.9 Å². The zero-order valence-electron chi connectivity index (χ0n) is 16.7. The van der Waals surface area contributed by atoms with Crippen molar-refractivity contribution in [3.05, 3.63) is 54.1 Å². The summed E-state index contributed by atoms with van der Waals surface area (Å²) in [4.78, 5) is 25.5. The standard InChI is InChI=1S/C20H25N3O5S/c1-13(2)18(23-19(24)16-7-5-6-8-17(16)28-4)20(25)22-14-9-11-15(12-10-14)29(26,27)21-3/h5-13,18,21H,1-4H3,(H,22,25)(H,23,24)/t18-/m0/s1. The number of hydrogen-bond acceptors (Lipinski definition) is 5. The molecular weight excluding hydrogens is 394 g/mol. The van der Waals surface area contributed by atoms with Crippen molar-refractivity contribution in [1.29, 1.82) is 0 Å². The molecule has 0 aliphatic carbocycles. The first-order valence-corrected chi connectivity index (χ1v) is 10.5. The molecule has 29 heavy (non-hydrogen) atoms. The second-order valence-corrected chi connectivity index (χ2v) is 8.50. The van der Waals surface area contributed by atoms with Crippen molar-refractivity contribution in [3.63, 3.8) is 0 Å². The van der Waals surface area contributed by atoms with Crippen LogP contribution in [-0.4, -0.2) is 40.4 Å². The highest BCUT2D eigenvalue weighted by Gasteiger charge is 2.26. The molecule has 0 radical (unpaired) electrons. The van der Waals surface area contributed by atoms with Crippen molar-refractivity contribution >= 4 is 27.5 Å². The minimum atomic E-state index is -3.56. The number of carbonyl (C=O) groups is 2. The molecule has 0 saturated carbocycles. The number of amides is 2. The Kier molecular flexibility index (Phi) is 7.35. The molecule has 0 unspecified atom stereocenters. The maximum absolute atomic E-state index is 12.7. The van der Waals surface area contributed by atoms with Crippen molar-refractivity contribution < 1.29 is 22.7 Å². The molecule has 0 aliphatic heterocycles. The molecule has 1 atom stereocenters. The van der Waals surface area contributed by atoms with E-state index in [2.05, 4.69) is 15.4 Å². The maximum Gasteiger partial charge on any atom is 0.255 e. The molecule has 9 heteroatoms. The Morgan fingerprint density at radius 3 is 2.17 bits per heavy atom. The SMILES string of the molecule is CNS(=O)(=O)c1ccc(NC(=O)[C@@H](NC(=O)c2ccccc2OC)C(C)C)cc1. The molecule has 0 bridgehead atoms. The highest BCUT2D eigenvalue weighted by molar-refractivity contribution is 7.89. The van der Waals surface area contributed by atoms with Crippen LogP contribution in [0, 0.1) is 5.92 Å². The average molecular weight is 420 g/mol. The predicted octanol–water partition coefficient (Wildman–Crippen LogP) is 2.00. The first kappa shape index (κ1) is 22.4. The molecule has 0 saturated heterocycles. The number of anilines is 1. The Morgan fingerprint density at radius 2 is 1.62 bits per heavy atom. The largest absolute Gasteiger partial charge is 0.496 e. The molecule has 0 heterocycles. The number of para-hydroxylation sites is 1. The van der Waals surface area contributed by atoms with Gasteiger partial charge in [0.05, 0.1) is 17.6 Å². The van der Waals surface area contributed by atoms with Gasteiger partial charge in [0.2, 0.25) is 15.9 Å². The lowest BCUT2D eigenvalue weighted by molar-refractivity contribution is -0.118. The van der Waals surface area contributed by atoms with Gasteiger partial charge in [0.25, 0.3) is 5.91 Å². The van der Waals surface area contributed by atoms with Gasteiger partial charge in [0.1, 0.15) is 11.8 Å². The summed E-state index contributed by atoms with van der Waals surface area (Å²) >= 11 is 0. The summed E-state index contributed by atoms with van der Waals surface area (Å²) in [5.74, 6) is -0.605. The number of benzene rings is 2. The van der Waals surface area contributed by atoms with Crippen LogP contribution >= 0.6 is 0 Å². The van der Waals surface area contributed by atoms with Gasteiger partial charge in [-0.25, -0.2) is 13.1 Å². The fourth-order valence-electron chi connectivity index (χ4n) is 2.64. The van der Waals surface area contributed by atoms with Gasteiger partial charge in [-0.15, -0.1) is 0 Å². The molecule has 0 spiro atoms. The topological polar surface area (TPSA) is 114 Å². The molecule has 2 aromatic carbocycles. The average Bonchev–Trinajstić information content (AvgIpc) is 2.71. The highest BCUT2D eigenvalue weighted by atomic mass is 32.2. The number of carbonyl (C=O) groups excluding carboxylic acids is 2. The van der Waals surface area contributed by atoms with E-state index in [0.717, 1.165) is 0 Å². The Balaban J connectivity index is 2.14. The van der Waals surface area contributed by atoms with E-state index >= 15 is 0 Å². The molecule has 0 fully saturated rings. The van der Waals surface area contributed by atoms with Crippen LogP contribution in [0.4, 0.5) is 5.69 Å². The molecule has 2 amide bonds. The monoisotopic (exact) mass is 419 g/mol. The zero-order chi connectivity index (χ0) is 21.6. The van der Waals surface area contributed by atoms with Crippen LogP contribution in [0.3, 0.4) is 0 Å². The number of sulfonamides is 1. The number of ether oxygens (including phenoxy) is 1. The van der Waals surface area contributed by atoms with Gasteiger partial charge in [-0.05, 0) is 49.4 Å². The predicted molar refractivity (Wildman–Crippen MR) is 110 cm³/mol. The van der Waals surface area contributed by atoms with Gasteiger partial charge in [0.15, 0.2) is 0 Å². The van der Waals surface area contributed by atoms with E-state index in [4.69, 9.17) is 4.74 Å². The zero-order valence-corrected chi connectivity index (χ0v) is 17.5. The second kappa shape index (κ2) is 9.53. The minimum absolute atomic E-state index is 0.0860. The Hall–Kier alpha value is -2.91. The van der Waals surface area contributed by atoms with E-state index in [0.29, 0.717) is 17.0 Å². The third-order valence-electron chi connectivity index (χ3n) is 4.29. The molecule has 2 aromatic rings. The van der Waals surface area contributed by atoms with Crippen molar-refractivity contribution in [2.75, 3.05) is 19.5 Å². The van der Waals surface area contributed by atoms with Crippen molar-refractivity contribution in [2.45, 2.75) is 24.8 Å². The van der Waals surface area contributed by atoms with Gasteiger partial charge in [-0.1, -0.05) is 26.0 Å². The third kappa shape index (κ3) is 5.55. The summed E-state index contributed by atoms with van der Waals surface area (Å²) in [5, 5.41) is 5.44. The molecule has 0 aromatic heterocycles. The van der Waals surface area contributed by atoms with Gasteiger partial charge in [-0.3, -0.25) is 9.59 Å². The smallest absolute Gasteiger partial charge is 0.255 e. The fourth-order valence-corrected chi connectivity index (χ4v) is 3.37.